The van der Waals surface area contributed by atoms with E-state index in [2.05, 4.69) is 10.3 Å². The molecule has 0 aliphatic carbocycles. The van der Waals surface area contributed by atoms with E-state index in [9.17, 15) is 8.42 Å². The second kappa shape index (κ2) is 4.92. The van der Waals surface area contributed by atoms with Gasteiger partial charge in [-0.1, -0.05) is 6.07 Å². The van der Waals surface area contributed by atoms with Gasteiger partial charge in [0.2, 0.25) is 17.5 Å². The number of thiophene rings is 1. The monoisotopic (exact) mass is 309 g/mol. The molecule has 3 heterocycles. The standard InChI is InChI=1S/C12H11N3O3S2/c13-6-9-11(14-8-3-5-20(16,17)7-8)18-12(15-9)10-2-1-4-19-10/h1-2,4,8,14H,3,5,7H2. The molecular weight excluding hydrogens is 298 g/mol. The normalized spacial score (nSPS) is 20.6. The smallest absolute Gasteiger partial charge is 0.240 e. The van der Waals surface area contributed by atoms with Gasteiger partial charge in [0.05, 0.1) is 16.4 Å². The molecule has 0 amide bonds. The number of aromatic nitrogens is 1. The number of anilines is 1. The maximum absolute atomic E-state index is 11.4. The average Bonchev–Trinajstić information content (AvgIpc) is 3.09. The van der Waals surface area contributed by atoms with Gasteiger partial charge in [-0.05, 0) is 17.9 Å². The first-order valence-electron chi connectivity index (χ1n) is 5.99. The molecule has 0 aromatic carbocycles. The molecule has 3 rings (SSSR count). The van der Waals surface area contributed by atoms with Gasteiger partial charge < -0.3 is 9.73 Å². The quantitative estimate of drug-likeness (QED) is 0.930. The summed E-state index contributed by atoms with van der Waals surface area (Å²) in [7, 11) is -2.98. The number of oxazole rings is 1. The fraction of sp³-hybridized carbons (Fsp3) is 0.333. The fourth-order valence-corrected chi connectivity index (χ4v) is 4.42. The molecule has 1 N–H and O–H groups in total. The highest BCUT2D eigenvalue weighted by molar-refractivity contribution is 7.91. The molecule has 6 nitrogen and oxygen atoms in total. The second-order valence-corrected chi connectivity index (χ2v) is 7.71. The Labute approximate surface area is 120 Å². The van der Waals surface area contributed by atoms with E-state index in [1.165, 1.54) is 11.3 Å². The van der Waals surface area contributed by atoms with Crippen molar-refractivity contribution in [2.45, 2.75) is 12.5 Å². The van der Waals surface area contributed by atoms with Gasteiger partial charge in [0.15, 0.2) is 9.84 Å². The van der Waals surface area contributed by atoms with Gasteiger partial charge >= 0.3 is 0 Å². The predicted octanol–water partition coefficient (Wildman–Crippen LogP) is 1.87. The number of nitrogens with zero attached hydrogens (tertiary/aromatic N) is 2. The maximum atomic E-state index is 11.4. The number of nitriles is 1. The van der Waals surface area contributed by atoms with Gasteiger partial charge in [-0.25, -0.2) is 8.42 Å². The Morgan fingerprint density at radius 1 is 1.55 bits per heavy atom. The highest BCUT2D eigenvalue weighted by Gasteiger charge is 2.29. The van der Waals surface area contributed by atoms with Crippen molar-refractivity contribution in [1.82, 2.24) is 4.98 Å². The van der Waals surface area contributed by atoms with Crippen molar-refractivity contribution >= 4 is 27.1 Å². The zero-order valence-electron chi connectivity index (χ0n) is 10.4. The van der Waals surface area contributed by atoms with E-state index in [-0.39, 0.29) is 29.1 Å². The molecule has 8 heteroatoms. The number of sulfone groups is 1. The number of hydrogen-bond donors (Lipinski definition) is 1. The first-order chi connectivity index (χ1) is 9.57. The Balaban J connectivity index is 1.85. The lowest BCUT2D eigenvalue weighted by Crippen LogP contribution is -2.20. The number of hydrogen-bond acceptors (Lipinski definition) is 7. The Bertz CT molecular complexity index is 756. The molecule has 1 aliphatic heterocycles. The van der Waals surface area contributed by atoms with E-state index in [0.29, 0.717) is 12.3 Å². The fourth-order valence-electron chi connectivity index (χ4n) is 2.09. The van der Waals surface area contributed by atoms with Crippen molar-refractivity contribution in [1.29, 1.82) is 5.26 Å². The summed E-state index contributed by atoms with van der Waals surface area (Å²) in [5.74, 6) is 0.851. The van der Waals surface area contributed by atoms with Gasteiger partial charge in [-0.15, -0.1) is 11.3 Å². The van der Waals surface area contributed by atoms with E-state index in [4.69, 9.17) is 9.68 Å². The van der Waals surface area contributed by atoms with Crippen LogP contribution in [0.4, 0.5) is 5.88 Å². The number of nitrogens with one attached hydrogen (secondary N) is 1. The van der Waals surface area contributed by atoms with Crippen LogP contribution in [-0.4, -0.2) is 30.9 Å². The van der Waals surface area contributed by atoms with Crippen LogP contribution >= 0.6 is 11.3 Å². The Hall–Kier alpha value is -1.85. The van der Waals surface area contributed by atoms with E-state index in [1.54, 1.807) is 0 Å². The topological polar surface area (TPSA) is 96.0 Å². The van der Waals surface area contributed by atoms with Crippen LogP contribution in [0.1, 0.15) is 12.1 Å². The van der Waals surface area contributed by atoms with Crippen molar-refractivity contribution in [2.75, 3.05) is 16.8 Å². The Kier molecular flexibility index (Phi) is 3.23. The van der Waals surface area contributed by atoms with Gasteiger partial charge in [0.25, 0.3) is 0 Å². The van der Waals surface area contributed by atoms with Crippen LogP contribution in [-0.2, 0) is 9.84 Å². The van der Waals surface area contributed by atoms with Crippen molar-refractivity contribution in [3.05, 3.63) is 23.2 Å². The van der Waals surface area contributed by atoms with E-state index in [1.807, 2.05) is 23.6 Å². The van der Waals surface area contributed by atoms with Crippen molar-refractivity contribution in [3.63, 3.8) is 0 Å². The molecule has 1 atom stereocenters. The summed E-state index contributed by atoms with van der Waals surface area (Å²) in [4.78, 5) is 4.95. The van der Waals surface area contributed by atoms with Gasteiger partial charge in [0.1, 0.15) is 6.07 Å². The van der Waals surface area contributed by atoms with Crippen LogP contribution in [0.2, 0.25) is 0 Å². The summed E-state index contributed by atoms with van der Waals surface area (Å²) < 4.78 is 28.4. The minimum absolute atomic E-state index is 0.0624. The third kappa shape index (κ3) is 2.55. The highest BCUT2D eigenvalue weighted by atomic mass is 32.2. The van der Waals surface area contributed by atoms with Gasteiger partial charge in [-0.2, -0.15) is 10.2 Å². The highest BCUT2D eigenvalue weighted by Crippen LogP contribution is 2.29. The maximum Gasteiger partial charge on any atom is 0.240 e. The molecule has 1 unspecified atom stereocenters. The Morgan fingerprint density at radius 3 is 3.00 bits per heavy atom. The summed E-state index contributed by atoms with van der Waals surface area (Å²) in [6.07, 6.45) is 0.516. The largest absolute Gasteiger partial charge is 0.418 e. The predicted molar refractivity (Wildman–Crippen MR) is 75.2 cm³/mol. The van der Waals surface area contributed by atoms with Crippen LogP contribution in [0.3, 0.4) is 0 Å². The summed E-state index contributed by atoms with van der Waals surface area (Å²) in [6.45, 7) is 0. The molecule has 0 saturated carbocycles. The molecule has 20 heavy (non-hydrogen) atoms. The first-order valence-corrected chi connectivity index (χ1v) is 8.69. The SMILES string of the molecule is N#Cc1nc(-c2cccs2)oc1NC1CCS(=O)(=O)C1. The molecule has 2 aromatic heterocycles. The zero-order valence-corrected chi connectivity index (χ0v) is 12.0. The second-order valence-electron chi connectivity index (χ2n) is 4.53. The molecule has 1 saturated heterocycles. The minimum Gasteiger partial charge on any atom is -0.418 e. The average molecular weight is 309 g/mol. The lowest BCUT2D eigenvalue weighted by atomic mass is 10.2. The lowest BCUT2D eigenvalue weighted by molar-refractivity contribution is 0.577. The van der Waals surface area contributed by atoms with Crippen LogP contribution in [0.25, 0.3) is 10.8 Å². The summed E-state index contributed by atoms with van der Waals surface area (Å²) in [6, 6.07) is 5.45. The number of rotatable bonds is 3. The van der Waals surface area contributed by atoms with Gasteiger partial charge in [0, 0.05) is 6.04 Å². The Morgan fingerprint density at radius 2 is 2.40 bits per heavy atom. The molecule has 104 valence electrons. The summed E-state index contributed by atoms with van der Waals surface area (Å²) in [5, 5.41) is 13.9. The first kappa shape index (κ1) is 13.1. The van der Waals surface area contributed by atoms with Crippen LogP contribution in [0.5, 0.6) is 0 Å². The molecule has 1 aliphatic rings. The molecule has 0 spiro atoms. The van der Waals surface area contributed by atoms with Crippen LogP contribution in [0.15, 0.2) is 21.9 Å². The molecule has 2 aromatic rings. The van der Waals surface area contributed by atoms with E-state index < -0.39 is 9.84 Å². The zero-order chi connectivity index (χ0) is 14.2. The lowest BCUT2D eigenvalue weighted by Gasteiger charge is -2.08. The molecule has 1 fully saturated rings. The van der Waals surface area contributed by atoms with Crippen molar-refractivity contribution in [3.8, 4) is 16.8 Å². The third-order valence-electron chi connectivity index (χ3n) is 3.03. The summed E-state index contributed by atoms with van der Waals surface area (Å²) in [5.41, 5.74) is 0.151. The van der Waals surface area contributed by atoms with E-state index >= 15 is 0 Å². The molecular formula is C12H11N3O3S2. The third-order valence-corrected chi connectivity index (χ3v) is 5.66. The van der Waals surface area contributed by atoms with Crippen LogP contribution < -0.4 is 5.32 Å². The van der Waals surface area contributed by atoms with Gasteiger partial charge in [-0.3, -0.25) is 0 Å². The summed E-state index contributed by atoms with van der Waals surface area (Å²) >= 11 is 1.46. The molecule has 0 radical (unpaired) electrons. The molecule has 0 bridgehead atoms. The van der Waals surface area contributed by atoms with E-state index in [0.717, 1.165) is 4.88 Å². The minimum atomic E-state index is -2.98. The van der Waals surface area contributed by atoms with Crippen LogP contribution in [0, 0.1) is 11.3 Å². The van der Waals surface area contributed by atoms with Crippen molar-refractivity contribution in [2.24, 2.45) is 0 Å². The van der Waals surface area contributed by atoms with Crippen molar-refractivity contribution < 1.29 is 12.8 Å².